The van der Waals surface area contributed by atoms with E-state index >= 15 is 0 Å². The number of guanidine groups is 1. The molecular weight excluding hydrogens is 334 g/mol. The molecule has 0 aliphatic rings. The van der Waals surface area contributed by atoms with E-state index in [1.807, 2.05) is 20.2 Å². The van der Waals surface area contributed by atoms with Gasteiger partial charge in [-0.15, -0.1) is 0 Å². The first kappa shape index (κ1) is 19.8. The molecule has 0 aliphatic carbocycles. The molecule has 0 saturated carbocycles. The number of hydrogen-bond donors (Lipinski definition) is 2. The Morgan fingerprint density at radius 3 is 2.35 bits per heavy atom. The molecule has 2 aromatic rings. The van der Waals surface area contributed by atoms with E-state index in [9.17, 15) is 8.78 Å². The smallest absolute Gasteiger partial charge is 0.191 e. The van der Waals surface area contributed by atoms with Gasteiger partial charge in [-0.05, 0) is 49.8 Å². The molecule has 4 nitrogen and oxygen atoms in total. The summed E-state index contributed by atoms with van der Waals surface area (Å²) < 4.78 is 26.8. The summed E-state index contributed by atoms with van der Waals surface area (Å²) in [6, 6.07) is 13.3. The quantitative estimate of drug-likeness (QED) is 0.589. The van der Waals surface area contributed by atoms with Crippen molar-refractivity contribution in [3.8, 4) is 0 Å². The summed E-state index contributed by atoms with van der Waals surface area (Å²) in [5.41, 5.74) is 1.69. The van der Waals surface area contributed by atoms with Crippen molar-refractivity contribution in [1.82, 2.24) is 15.5 Å². The van der Waals surface area contributed by atoms with Crippen LogP contribution in [0.1, 0.15) is 17.2 Å². The Balaban J connectivity index is 1.88. The Hall–Kier alpha value is -2.47. The summed E-state index contributed by atoms with van der Waals surface area (Å²) in [5, 5.41) is 6.47. The molecule has 0 saturated heterocycles. The highest BCUT2D eigenvalue weighted by atomic mass is 19.1. The van der Waals surface area contributed by atoms with Crippen LogP contribution in [0.5, 0.6) is 0 Å². The SMILES string of the molecule is CN=C(NCCc1ccccc1F)NCC(c1ccc(F)cc1)N(C)C. The lowest BCUT2D eigenvalue weighted by Gasteiger charge is -2.26. The van der Waals surface area contributed by atoms with Gasteiger partial charge in [-0.1, -0.05) is 30.3 Å². The second kappa shape index (κ2) is 9.87. The Labute approximate surface area is 153 Å². The first-order chi connectivity index (χ1) is 12.5. The molecule has 0 aliphatic heterocycles. The Morgan fingerprint density at radius 1 is 1.04 bits per heavy atom. The van der Waals surface area contributed by atoms with Gasteiger partial charge >= 0.3 is 0 Å². The topological polar surface area (TPSA) is 39.7 Å². The zero-order valence-electron chi connectivity index (χ0n) is 15.5. The first-order valence-corrected chi connectivity index (χ1v) is 8.61. The monoisotopic (exact) mass is 360 g/mol. The van der Waals surface area contributed by atoms with Crippen molar-refractivity contribution in [2.24, 2.45) is 4.99 Å². The Bertz CT molecular complexity index is 714. The molecule has 140 valence electrons. The van der Waals surface area contributed by atoms with E-state index in [4.69, 9.17) is 0 Å². The van der Waals surface area contributed by atoms with Crippen LogP contribution < -0.4 is 10.6 Å². The molecule has 0 spiro atoms. The summed E-state index contributed by atoms with van der Waals surface area (Å²) in [6.07, 6.45) is 0.572. The minimum Gasteiger partial charge on any atom is -0.356 e. The third-order valence-corrected chi connectivity index (χ3v) is 4.21. The van der Waals surface area contributed by atoms with Gasteiger partial charge in [-0.25, -0.2) is 8.78 Å². The van der Waals surface area contributed by atoms with E-state index in [1.54, 1.807) is 31.3 Å². The molecule has 0 aromatic heterocycles. The van der Waals surface area contributed by atoms with Gasteiger partial charge in [0.05, 0.1) is 6.04 Å². The van der Waals surface area contributed by atoms with Gasteiger partial charge in [0.25, 0.3) is 0 Å². The standard InChI is InChI=1S/C20H26F2N4/c1-23-20(24-13-12-15-6-4-5-7-18(15)22)25-14-19(26(2)3)16-8-10-17(21)11-9-16/h4-11,19H,12-14H2,1-3H3,(H2,23,24,25). The fourth-order valence-electron chi connectivity index (χ4n) is 2.71. The lowest BCUT2D eigenvalue weighted by molar-refractivity contribution is 0.298. The van der Waals surface area contributed by atoms with Crippen molar-refractivity contribution in [1.29, 1.82) is 0 Å². The lowest BCUT2D eigenvalue weighted by Crippen LogP contribution is -2.42. The van der Waals surface area contributed by atoms with Crippen LogP contribution in [0.2, 0.25) is 0 Å². The summed E-state index contributed by atoms with van der Waals surface area (Å²) in [4.78, 5) is 6.27. The summed E-state index contributed by atoms with van der Waals surface area (Å²) in [7, 11) is 5.65. The molecule has 0 bridgehead atoms. The van der Waals surface area contributed by atoms with Gasteiger partial charge in [-0.3, -0.25) is 4.99 Å². The molecule has 0 amide bonds. The number of rotatable bonds is 7. The number of nitrogens with one attached hydrogen (secondary N) is 2. The van der Waals surface area contributed by atoms with Gasteiger partial charge in [0, 0.05) is 20.1 Å². The van der Waals surface area contributed by atoms with Crippen molar-refractivity contribution >= 4 is 5.96 Å². The lowest BCUT2D eigenvalue weighted by atomic mass is 10.1. The molecule has 1 unspecified atom stereocenters. The molecular formula is C20H26F2N4. The third-order valence-electron chi connectivity index (χ3n) is 4.21. The van der Waals surface area contributed by atoms with E-state index in [-0.39, 0.29) is 17.7 Å². The van der Waals surface area contributed by atoms with Crippen LogP contribution in [0, 0.1) is 11.6 Å². The molecule has 0 heterocycles. The molecule has 2 aromatic carbocycles. The highest BCUT2D eigenvalue weighted by molar-refractivity contribution is 5.79. The summed E-state index contributed by atoms with van der Waals surface area (Å²) in [6.45, 7) is 1.18. The number of hydrogen-bond acceptors (Lipinski definition) is 2. The second-order valence-corrected chi connectivity index (χ2v) is 6.25. The van der Waals surface area contributed by atoms with Crippen LogP contribution in [0.3, 0.4) is 0 Å². The van der Waals surface area contributed by atoms with Crippen LogP contribution >= 0.6 is 0 Å². The number of nitrogens with zero attached hydrogens (tertiary/aromatic N) is 2. The van der Waals surface area contributed by atoms with Crippen LogP contribution in [-0.2, 0) is 6.42 Å². The van der Waals surface area contributed by atoms with Crippen LogP contribution in [0.15, 0.2) is 53.5 Å². The Kier molecular flexibility index (Phi) is 7.53. The van der Waals surface area contributed by atoms with Crippen molar-refractivity contribution < 1.29 is 8.78 Å². The van der Waals surface area contributed by atoms with Crippen LogP contribution in [-0.4, -0.2) is 45.1 Å². The van der Waals surface area contributed by atoms with Crippen LogP contribution in [0.25, 0.3) is 0 Å². The molecule has 2 N–H and O–H groups in total. The van der Waals surface area contributed by atoms with E-state index in [0.717, 1.165) is 5.56 Å². The molecule has 0 radical (unpaired) electrons. The minimum absolute atomic E-state index is 0.0701. The van der Waals surface area contributed by atoms with E-state index in [0.29, 0.717) is 31.0 Å². The number of benzene rings is 2. The average molecular weight is 360 g/mol. The summed E-state index contributed by atoms with van der Waals surface area (Å²) >= 11 is 0. The van der Waals surface area contributed by atoms with Gasteiger partial charge in [-0.2, -0.15) is 0 Å². The highest BCUT2D eigenvalue weighted by Crippen LogP contribution is 2.17. The van der Waals surface area contributed by atoms with Gasteiger partial charge in [0.2, 0.25) is 0 Å². The van der Waals surface area contributed by atoms with Crippen molar-refractivity contribution in [2.45, 2.75) is 12.5 Å². The fraction of sp³-hybridized carbons (Fsp3) is 0.350. The molecule has 0 fully saturated rings. The van der Waals surface area contributed by atoms with E-state index < -0.39 is 0 Å². The van der Waals surface area contributed by atoms with E-state index in [2.05, 4.69) is 20.5 Å². The zero-order valence-corrected chi connectivity index (χ0v) is 15.5. The Morgan fingerprint density at radius 2 is 1.73 bits per heavy atom. The maximum absolute atomic E-state index is 13.6. The predicted octanol–water partition coefficient (Wildman–Crippen LogP) is 2.98. The fourth-order valence-corrected chi connectivity index (χ4v) is 2.71. The predicted molar refractivity (Wildman–Crippen MR) is 102 cm³/mol. The maximum Gasteiger partial charge on any atom is 0.191 e. The average Bonchev–Trinajstić information content (AvgIpc) is 2.63. The van der Waals surface area contributed by atoms with Gasteiger partial charge in [0.1, 0.15) is 11.6 Å². The largest absolute Gasteiger partial charge is 0.356 e. The van der Waals surface area contributed by atoms with Gasteiger partial charge in [0.15, 0.2) is 5.96 Å². The minimum atomic E-state index is -0.246. The molecule has 6 heteroatoms. The third kappa shape index (κ3) is 5.81. The van der Waals surface area contributed by atoms with Crippen molar-refractivity contribution in [3.05, 3.63) is 71.3 Å². The zero-order chi connectivity index (χ0) is 18.9. The summed E-state index contributed by atoms with van der Waals surface area (Å²) in [5.74, 6) is 0.210. The number of halogens is 2. The number of likely N-dealkylation sites (N-methyl/N-ethyl adjacent to an activating group) is 1. The second-order valence-electron chi connectivity index (χ2n) is 6.25. The molecule has 2 rings (SSSR count). The normalized spacial score (nSPS) is 12.9. The number of aliphatic imine (C=N–C) groups is 1. The maximum atomic E-state index is 13.6. The molecule has 1 atom stereocenters. The van der Waals surface area contributed by atoms with Gasteiger partial charge < -0.3 is 15.5 Å². The van der Waals surface area contributed by atoms with Crippen molar-refractivity contribution in [3.63, 3.8) is 0 Å². The molecule has 26 heavy (non-hydrogen) atoms. The highest BCUT2D eigenvalue weighted by Gasteiger charge is 2.14. The van der Waals surface area contributed by atoms with E-state index in [1.165, 1.54) is 18.2 Å². The first-order valence-electron chi connectivity index (χ1n) is 8.61. The van der Waals surface area contributed by atoms with Crippen LogP contribution in [0.4, 0.5) is 8.78 Å². The van der Waals surface area contributed by atoms with Crippen molar-refractivity contribution in [2.75, 3.05) is 34.2 Å².